The Hall–Kier alpha value is -2.70. The van der Waals surface area contributed by atoms with Crippen LogP contribution in [-0.4, -0.2) is 75.1 Å². The van der Waals surface area contributed by atoms with E-state index in [1.165, 1.54) is 99.3 Å². The molecule has 0 bridgehead atoms. The van der Waals surface area contributed by atoms with Crippen LogP contribution in [0.2, 0.25) is 0 Å². The average molecular weight is 635 g/mol. The molecule has 0 N–H and O–H groups in total. The van der Waals surface area contributed by atoms with E-state index in [9.17, 15) is 10.2 Å². The number of unbranched alkanes of at least 4 members (excludes halogenated alkanes) is 10. The van der Waals surface area contributed by atoms with Gasteiger partial charge in [0.15, 0.2) is 0 Å². The Morgan fingerprint density at radius 3 is 1.13 bits per heavy atom. The Bertz CT molecular complexity index is 1050. The first-order chi connectivity index (χ1) is 22.0. The van der Waals surface area contributed by atoms with Crippen molar-refractivity contribution >= 4 is 11.8 Å². The van der Waals surface area contributed by atoms with E-state index in [-0.39, 0.29) is 24.9 Å². The Labute approximate surface area is 282 Å². The third kappa shape index (κ3) is 18.4. The number of aryl methyl sites for hydroxylation is 2. The highest BCUT2D eigenvalue weighted by molar-refractivity contribution is 5.73. The van der Waals surface area contributed by atoms with Crippen LogP contribution in [0.4, 0.5) is 0 Å². The molecular formula is C40H66N4O2. The Kier molecular flexibility index (Phi) is 18.9. The molecule has 0 aliphatic carbocycles. The number of hydrogen-bond donors (Lipinski definition) is 0. The van der Waals surface area contributed by atoms with Crippen LogP contribution in [-0.2, 0) is 25.9 Å². The molecule has 0 radical (unpaired) electrons. The van der Waals surface area contributed by atoms with Gasteiger partial charge in [-0.2, -0.15) is 0 Å². The maximum absolute atomic E-state index is 12.6. The van der Waals surface area contributed by atoms with Gasteiger partial charge >= 0.3 is 0 Å². The van der Waals surface area contributed by atoms with Crippen molar-refractivity contribution in [2.24, 2.45) is 9.98 Å². The first-order valence-electron chi connectivity index (χ1n) is 18.2. The highest BCUT2D eigenvalue weighted by Crippen LogP contribution is 2.16. The standard InChI is InChI=1S/C40H66N4O2/c1-7-9-11-13-15-17-19-35-21-25-37(26-22-35)31-43(3,4)33-39(45)41-29-30-42-40(46)34-44(5,6)32-38-27-23-36(24-28-38)20-18-16-14-12-10-8-2/h21-28H,7-20,29-34H2,1-6H3. The summed E-state index contributed by atoms with van der Waals surface area (Å²) in [7, 11) is 8.26. The third-order valence-corrected chi connectivity index (χ3v) is 8.71. The van der Waals surface area contributed by atoms with Gasteiger partial charge in [0.25, 0.3) is 0 Å². The molecule has 0 aliphatic heterocycles. The summed E-state index contributed by atoms with van der Waals surface area (Å²) in [6, 6.07) is 17.7. The lowest BCUT2D eigenvalue weighted by Crippen LogP contribution is -2.47. The maximum atomic E-state index is 12.6. The van der Waals surface area contributed by atoms with Gasteiger partial charge in [0.1, 0.15) is 26.2 Å². The zero-order valence-electron chi connectivity index (χ0n) is 30.4. The fourth-order valence-electron chi connectivity index (χ4n) is 6.12. The predicted octanol–water partition coefficient (Wildman–Crippen LogP) is 6.86. The summed E-state index contributed by atoms with van der Waals surface area (Å²) in [5, 5.41) is 25.2. The predicted molar refractivity (Wildman–Crippen MR) is 193 cm³/mol. The van der Waals surface area contributed by atoms with Crippen molar-refractivity contribution in [2.75, 3.05) is 54.4 Å². The fraction of sp³-hybridized carbons (Fsp3) is 0.650. The van der Waals surface area contributed by atoms with E-state index >= 15 is 0 Å². The smallest absolute Gasteiger partial charge is 0.107 e. The summed E-state index contributed by atoms with van der Waals surface area (Å²) < 4.78 is 1.09. The summed E-state index contributed by atoms with van der Waals surface area (Å²) in [5.74, 6) is -0.271. The number of hydrogen-bond acceptors (Lipinski definition) is 4. The molecule has 46 heavy (non-hydrogen) atoms. The minimum atomic E-state index is -0.136. The summed E-state index contributed by atoms with van der Waals surface area (Å²) >= 11 is 0. The summed E-state index contributed by atoms with van der Waals surface area (Å²) in [6.45, 7) is 7.23. The lowest BCUT2D eigenvalue weighted by molar-refractivity contribution is -0.896. The number of aliphatic imine (C=N–C) groups is 2. The molecule has 0 unspecified atom stereocenters. The van der Waals surface area contributed by atoms with Gasteiger partial charge in [0.05, 0.1) is 41.3 Å². The molecule has 0 spiro atoms. The number of likely N-dealkylation sites (N-methyl/N-ethyl adjacent to an activating group) is 2. The van der Waals surface area contributed by atoms with Gasteiger partial charge in [0.2, 0.25) is 0 Å². The van der Waals surface area contributed by atoms with Crippen molar-refractivity contribution in [1.29, 1.82) is 0 Å². The second-order valence-electron chi connectivity index (χ2n) is 14.7. The van der Waals surface area contributed by atoms with Crippen LogP contribution in [0.5, 0.6) is 0 Å². The molecule has 0 fully saturated rings. The molecule has 0 amide bonds. The molecule has 6 nitrogen and oxygen atoms in total. The zero-order valence-corrected chi connectivity index (χ0v) is 30.4. The fourth-order valence-corrected chi connectivity index (χ4v) is 6.12. The van der Waals surface area contributed by atoms with Gasteiger partial charge in [0, 0.05) is 22.9 Å². The second kappa shape index (κ2) is 22.0. The van der Waals surface area contributed by atoms with Crippen LogP contribution in [0.3, 0.4) is 0 Å². The molecule has 0 aliphatic rings. The molecule has 6 heteroatoms. The van der Waals surface area contributed by atoms with Crippen LogP contribution >= 0.6 is 0 Å². The van der Waals surface area contributed by atoms with Crippen molar-refractivity contribution in [2.45, 2.75) is 117 Å². The van der Waals surface area contributed by atoms with Gasteiger partial charge in [-0.25, -0.2) is 0 Å². The van der Waals surface area contributed by atoms with E-state index < -0.39 is 0 Å². The highest BCUT2D eigenvalue weighted by Gasteiger charge is 2.17. The molecule has 0 atom stereocenters. The first kappa shape index (κ1) is 39.5. The molecule has 2 aromatic carbocycles. The van der Waals surface area contributed by atoms with Crippen LogP contribution < -0.4 is 10.2 Å². The number of benzene rings is 2. The quantitative estimate of drug-likeness (QED) is 0.0518. The SMILES string of the molecule is CCCCCCCCc1ccc(C[N+](C)(C)CC([O-])=NCCN=C([O-])C[N+](C)(C)Cc2ccc(CCCCCCCC)cc2)cc1. The monoisotopic (exact) mass is 635 g/mol. The van der Waals surface area contributed by atoms with Crippen molar-refractivity contribution in [3.8, 4) is 0 Å². The van der Waals surface area contributed by atoms with Gasteiger partial charge in [-0.1, -0.05) is 127 Å². The summed E-state index contributed by atoms with van der Waals surface area (Å²) in [5.41, 5.74) is 5.25. The van der Waals surface area contributed by atoms with Gasteiger partial charge in [-0.05, 0) is 36.8 Å². The lowest BCUT2D eigenvalue weighted by atomic mass is 10.0. The van der Waals surface area contributed by atoms with Gasteiger partial charge in [-0.3, -0.25) is 9.98 Å². The molecule has 0 heterocycles. The Balaban J connectivity index is 1.70. The number of quaternary nitrogens is 2. The van der Waals surface area contributed by atoms with Gasteiger partial charge < -0.3 is 19.2 Å². The Morgan fingerprint density at radius 1 is 0.478 bits per heavy atom. The van der Waals surface area contributed by atoms with E-state index in [1.807, 2.05) is 0 Å². The molecule has 0 saturated carbocycles. The number of nitrogens with zero attached hydrogens (tertiary/aromatic N) is 4. The van der Waals surface area contributed by atoms with E-state index in [4.69, 9.17) is 0 Å². The molecule has 258 valence electrons. The maximum Gasteiger partial charge on any atom is 0.107 e. The van der Waals surface area contributed by atoms with Gasteiger partial charge in [-0.15, -0.1) is 0 Å². The topological polar surface area (TPSA) is 70.8 Å². The lowest BCUT2D eigenvalue weighted by Gasteiger charge is -2.32. The van der Waals surface area contributed by atoms with E-state index in [2.05, 4.69) is 101 Å². The van der Waals surface area contributed by atoms with Crippen LogP contribution in [0.1, 0.15) is 113 Å². The second-order valence-corrected chi connectivity index (χ2v) is 14.7. The largest absolute Gasteiger partial charge is 0.858 e. The normalized spacial score (nSPS) is 13.0. The van der Waals surface area contributed by atoms with Crippen LogP contribution in [0, 0.1) is 0 Å². The minimum absolute atomic E-state index is 0.136. The molecule has 0 aromatic heterocycles. The number of rotatable bonds is 25. The highest BCUT2D eigenvalue weighted by atomic mass is 16.3. The van der Waals surface area contributed by atoms with E-state index in [0.29, 0.717) is 22.1 Å². The zero-order chi connectivity index (χ0) is 33.7. The third-order valence-electron chi connectivity index (χ3n) is 8.71. The van der Waals surface area contributed by atoms with Crippen LogP contribution in [0.25, 0.3) is 0 Å². The van der Waals surface area contributed by atoms with Crippen molar-refractivity contribution in [3.05, 3.63) is 70.8 Å². The molecule has 2 aromatic rings. The van der Waals surface area contributed by atoms with Crippen molar-refractivity contribution in [1.82, 2.24) is 0 Å². The summed E-state index contributed by atoms with van der Waals surface area (Å²) in [4.78, 5) is 8.41. The molecule has 2 rings (SSSR count). The van der Waals surface area contributed by atoms with E-state index in [0.717, 1.165) is 25.9 Å². The van der Waals surface area contributed by atoms with Crippen LogP contribution in [0.15, 0.2) is 58.5 Å². The summed E-state index contributed by atoms with van der Waals surface area (Å²) in [6.07, 6.45) is 18.1. The van der Waals surface area contributed by atoms with Crippen molar-refractivity contribution in [3.63, 3.8) is 0 Å². The molecule has 0 saturated heterocycles. The minimum Gasteiger partial charge on any atom is -0.858 e. The molecular weight excluding hydrogens is 568 g/mol. The van der Waals surface area contributed by atoms with Crippen molar-refractivity contribution < 1.29 is 19.2 Å². The Morgan fingerprint density at radius 2 is 0.783 bits per heavy atom. The first-order valence-corrected chi connectivity index (χ1v) is 18.2. The van der Waals surface area contributed by atoms with E-state index in [1.54, 1.807) is 0 Å². The average Bonchev–Trinajstić information content (AvgIpc) is 2.99.